The van der Waals surface area contributed by atoms with Crippen LogP contribution in [0.5, 0.6) is 5.75 Å². The molecule has 0 N–H and O–H groups in total. The van der Waals surface area contributed by atoms with Crippen LogP contribution in [-0.2, 0) is 6.42 Å². The van der Waals surface area contributed by atoms with Crippen molar-refractivity contribution in [3.63, 3.8) is 0 Å². The molecular formula is C16H14F2O2. The van der Waals surface area contributed by atoms with E-state index in [-0.39, 0.29) is 12.2 Å². The van der Waals surface area contributed by atoms with Gasteiger partial charge in [0.25, 0.3) is 0 Å². The number of ether oxygens (including phenoxy) is 1. The number of benzene rings is 2. The van der Waals surface area contributed by atoms with Crippen molar-refractivity contribution in [3.8, 4) is 5.75 Å². The predicted octanol–water partition coefficient (Wildman–Crippen LogP) is 3.79. The van der Waals surface area contributed by atoms with Crippen LogP contribution in [0.3, 0.4) is 0 Å². The average Bonchev–Trinajstić information content (AvgIpc) is 2.46. The fourth-order valence-electron chi connectivity index (χ4n) is 1.88. The second-order valence-electron chi connectivity index (χ2n) is 4.37. The van der Waals surface area contributed by atoms with E-state index in [4.69, 9.17) is 4.74 Å². The van der Waals surface area contributed by atoms with Gasteiger partial charge in [-0.1, -0.05) is 30.3 Å². The van der Waals surface area contributed by atoms with E-state index in [9.17, 15) is 13.6 Å². The summed E-state index contributed by atoms with van der Waals surface area (Å²) in [5.41, 5.74) is 1.10. The average molecular weight is 276 g/mol. The molecule has 2 aromatic rings. The highest BCUT2D eigenvalue weighted by molar-refractivity contribution is 5.75. The number of aryl methyl sites for hydroxylation is 1. The first-order chi connectivity index (χ1) is 9.70. The summed E-state index contributed by atoms with van der Waals surface area (Å²) in [4.78, 5) is 10.5. The molecule has 0 radical (unpaired) electrons. The Bertz CT molecular complexity index is 559. The quantitative estimate of drug-likeness (QED) is 0.592. The van der Waals surface area contributed by atoms with Crippen LogP contribution in [0.25, 0.3) is 0 Å². The van der Waals surface area contributed by atoms with Crippen molar-refractivity contribution in [3.05, 3.63) is 65.2 Å². The minimum Gasteiger partial charge on any atom is -0.488 e. The van der Waals surface area contributed by atoms with Crippen molar-refractivity contribution in [1.29, 1.82) is 0 Å². The number of hydrogen-bond acceptors (Lipinski definition) is 2. The Morgan fingerprint density at radius 1 is 1.05 bits per heavy atom. The summed E-state index contributed by atoms with van der Waals surface area (Å²) in [6.07, 6.45) is 1.82. The molecule has 0 saturated heterocycles. The number of carbonyl (C=O) groups excluding carboxylic acids is 1. The van der Waals surface area contributed by atoms with Crippen molar-refractivity contribution >= 4 is 6.29 Å². The lowest BCUT2D eigenvalue weighted by Crippen LogP contribution is -2.03. The van der Waals surface area contributed by atoms with Gasteiger partial charge >= 0.3 is 0 Å². The predicted molar refractivity (Wildman–Crippen MR) is 72.0 cm³/mol. The highest BCUT2D eigenvalue weighted by Gasteiger charge is 2.12. The van der Waals surface area contributed by atoms with Crippen molar-refractivity contribution in [2.75, 3.05) is 6.61 Å². The molecule has 2 rings (SSSR count). The molecule has 0 fully saturated rings. The maximum atomic E-state index is 13.5. The highest BCUT2D eigenvalue weighted by Crippen LogP contribution is 2.23. The fourth-order valence-corrected chi connectivity index (χ4v) is 1.88. The van der Waals surface area contributed by atoms with Crippen LogP contribution in [0, 0.1) is 11.6 Å². The second-order valence-corrected chi connectivity index (χ2v) is 4.37. The molecule has 20 heavy (non-hydrogen) atoms. The van der Waals surface area contributed by atoms with E-state index < -0.39 is 17.4 Å². The van der Waals surface area contributed by atoms with Gasteiger partial charge in [0.15, 0.2) is 17.4 Å². The van der Waals surface area contributed by atoms with E-state index in [1.807, 2.05) is 30.3 Å². The van der Waals surface area contributed by atoms with Crippen molar-refractivity contribution in [2.24, 2.45) is 0 Å². The lowest BCUT2D eigenvalue weighted by Gasteiger charge is -2.08. The van der Waals surface area contributed by atoms with Gasteiger partial charge in [0, 0.05) is 5.56 Å². The Balaban J connectivity index is 1.90. The molecule has 0 aromatic heterocycles. The molecule has 0 aliphatic rings. The van der Waals surface area contributed by atoms with Crippen molar-refractivity contribution in [1.82, 2.24) is 0 Å². The summed E-state index contributed by atoms with van der Waals surface area (Å²) >= 11 is 0. The summed E-state index contributed by atoms with van der Waals surface area (Å²) in [6, 6.07) is 11.7. The van der Waals surface area contributed by atoms with E-state index >= 15 is 0 Å². The number of rotatable bonds is 6. The Hall–Kier alpha value is -2.23. The number of halogens is 2. The molecule has 0 bridgehead atoms. The summed E-state index contributed by atoms with van der Waals surface area (Å²) < 4.78 is 32.2. The SMILES string of the molecule is O=Cc1cc(F)c(OCCCc2ccccc2)c(F)c1. The Kier molecular flexibility index (Phi) is 4.82. The second kappa shape index (κ2) is 6.80. The van der Waals surface area contributed by atoms with Crippen LogP contribution in [-0.4, -0.2) is 12.9 Å². The summed E-state index contributed by atoms with van der Waals surface area (Å²) in [6.45, 7) is 0.211. The molecule has 2 aromatic carbocycles. The first-order valence-corrected chi connectivity index (χ1v) is 6.31. The van der Waals surface area contributed by atoms with Gasteiger partial charge in [-0.05, 0) is 30.5 Å². The Labute approximate surface area is 116 Å². The van der Waals surface area contributed by atoms with Crippen LogP contribution in [0.4, 0.5) is 8.78 Å². The van der Waals surface area contributed by atoms with E-state index in [0.717, 1.165) is 24.1 Å². The summed E-state index contributed by atoms with van der Waals surface area (Å²) in [5, 5.41) is 0. The zero-order chi connectivity index (χ0) is 14.4. The van der Waals surface area contributed by atoms with Gasteiger partial charge in [-0.2, -0.15) is 0 Å². The van der Waals surface area contributed by atoms with E-state index in [1.54, 1.807) is 0 Å². The van der Waals surface area contributed by atoms with E-state index in [2.05, 4.69) is 0 Å². The maximum Gasteiger partial charge on any atom is 0.190 e. The smallest absolute Gasteiger partial charge is 0.190 e. The Morgan fingerprint density at radius 3 is 2.30 bits per heavy atom. The topological polar surface area (TPSA) is 26.3 Å². The minimum absolute atomic E-state index is 0.0448. The van der Waals surface area contributed by atoms with Gasteiger partial charge in [-0.25, -0.2) is 8.78 Å². The number of hydrogen-bond donors (Lipinski definition) is 0. The maximum absolute atomic E-state index is 13.5. The first-order valence-electron chi connectivity index (χ1n) is 6.31. The summed E-state index contributed by atoms with van der Waals surface area (Å²) in [7, 11) is 0. The summed E-state index contributed by atoms with van der Waals surface area (Å²) in [5.74, 6) is -2.14. The molecule has 0 aliphatic heterocycles. The standard InChI is InChI=1S/C16H14F2O2/c17-14-9-13(11-19)10-15(18)16(14)20-8-4-7-12-5-2-1-3-6-12/h1-3,5-6,9-11H,4,7-8H2. The third-order valence-corrected chi connectivity index (χ3v) is 2.86. The first kappa shape index (κ1) is 14.2. The van der Waals surface area contributed by atoms with Crippen LogP contribution >= 0.6 is 0 Å². The van der Waals surface area contributed by atoms with Gasteiger partial charge in [0.05, 0.1) is 6.61 Å². The molecule has 0 aliphatic carbocycles. The lowest BCUT2D eigenvalue weighted by atomic mass is 10.1. The van der Waals surface area contributed by atoms with Crippen LogP contribution < -0.4 is 4.74 Å². The van der Waals surface area contributed by atoms with Gasteiger partial charge in [0.1, 0.15) is 6.29 Å². The minimum atomic E-state index is -0.855. The fraction of sp³-hybridized carbons (Fsp3) is 0.188. The molecular weight excluding hydrogens is 262 g/mol. The molecule has 104 valence electrons. The largest absolute Gasteiger partial charge is 0.488 e. The normalized spacial score (nSPS) is 10.3. The molecule has 2 nitrogen and oxygen atoms in total. The van der Waals surface area contributed by atoms with Gasteiger partial charge in [-0.3, -0.25) is 4.79 Å². The third-order valence-electron chi connectivity index (χ3n) is 2.86. The van der Waals surface area contributed by atoms with E-state index in [0.29, 0.717) is 12.7 Å². The van der Waals surface area contributed by atoms with Crippen LogP contribution in [0.2, 0.25) is 0 Å². The molecule has 4 heteroatoms. The van der Waals surface area contributed by atoms with Crippen LogP contribution in [0.1, 0.15) is 22.3 Å². The number of aldehydes is 1. The molecule has 0 atom stereocenters. The zero-order valence-corrected chi connectivity index (χ0v) is 10.8. The molecule has 0 amide bonds. The number of carbonyl (C=O) groups is 1. The van der Waals surface area contributed by atoms with Gasteiger partial charge in [-0.15, -0.1) is 0 Å². The zero-order valence-electron chi connectivity index (χ0n) is 10.8. The highest BCUT2D eigenvalue weighted by atomic mass is 19.1. The van der Waals surface area contributed by atoms with Crippen molar-refractivity contribution in [2.45, 2.75) is 12.8 Å². The molecule has 0 heterocycles. The molecule has 0 unspecified atom stereocenters. The monoisotopic (exact) mass is 276 g/mol. The van der Waals surface area contributed by atoms with E-state index in [1.165, 1.54) is 0 Å². The van der Waals surface area contributed by atoms with Crippen LogP contribution in [0.15, 0.2) is 42.5 Å². The molecule has 0 spiro atoms. The lowest BCUT2D eigenvalue weighted by molar-refractivity contribution is 0.112. The van der Waals surface area contributed by atoms with Gasteiger partial charge in [0.2, 0.25) is 0 Å². The third kappa shape index (κ3) is 3.63. The van der Waals surface area contributed by atoms with Crippen molar-refractivity contribution < 1.29 is 18.3 Å². The Morgan fingerprint density at radius 2 is 1.70 bits per heavy atom. The van der Waals surface area contributed by atoms with Gasteiger partial charge < -0.3 is 4.74 Å². The molecule has 0 saturated carbocycles.